The molecule has 15 heteroatoms. The Morgan fingerprint density at radius 3 is 2.12 bits per heavy atom. The number of aromatic carboxylic acids is 1. The van der Waals surface area contributed by atoms with Gasteiger partial charge in [-0.2, -0.15) is 0 Å². The molecule has 2 aliphatic heterocycles. The predicted molar refractivity (Wildman–Crippen MR) is 185 cm³/mol. The van der Waals surface area contributed by atoms with E-state index in [1.807, 2.05) is 0 Å². The van der Waals surface area contributed by atoms with E-state index in [-0.39, 0.29) is 41.5 Å². The Morgan fingerprint density at radius 2 is 1.52 bits per heavy atom. The predicted octanol–water partition coefficient (Wildman–Crippen LogP) is 5.27. The number of carbonyl (C=O) groups is 5. The van der Waals surface area contributed by atoms with Crippen LogP contribution in [0.1, 0.15) is 28.8 Å². The molecule has 2 heterocycles. The average Bonchev–Trinajstić information content (AvgIpc) is 3.46. The van der Waals surface area contributed by atoms with Gasteiger partial charge in [0.25, 0.3) is 11.8 Å². The molecule has 3 N–H and O–H groups in total. The van der Waals surface area contributed by atoms with Gasteiger partial charge in [-0.05, 0) is 72.9 Å². The molecule has 3 aromatic carbocycles. The van der Waals surface area contributed by atoms with E-state index in [9.17, 15) is 43.7 Å². The molecule has 0 radical (unpaired) electrons. The molecule has 12 nitrogen and oxygen atoms in total. The van der Waals surface area contributed by atoms with Crippen LogP contribution in [0.4, 0.5) is 15.8 Å². The van der Waals surface area contributed by atoms with E-state index >= 15 is 0 Å². The maximum absolute atomic E-state index is 14.5. The second kappa shape index (κ2) is 12.4. The quantitative estimate of drug-likeness (QED) is 0.164. The number of ether oxygens (including phenoxy) is 2. The Kier molecular flexibility index (Phi) is 8.34. The molecule has 2 aliphatic carbocycles. The number of hydrogen-bond acceptors (Lipinski definition) is 9. The lowest BCUT2D eigenvalue weighted by Gasteiger charge is -2.49. The largest absolute Gasteiger partial charge is 0.507 e. The van der Waals surface area contributed by atoms with Crippen LogP contribution in [-0.4, -0.2) is 68.9 Å². The molecule has 3 aromatic rings. The molecule has 4 aliphatic rings. The summed E-state index contributed by atoms with van der Waals surface area (Å²) in [5, 5.41) is 30.2. The van der Waals surface area contributed by atoms with Crippen molar-refractivity contribution in [3.8, 4) is 23.0 Å². The number of hydrogen-bond donors (Lipinski definition) is 3. The summed E-state index contributed by atoms with van der Waals surface area (Å²) in [4.78, 5) is 65.8. The summed E-state index contributed by atoms with van der Waals surface area (Å²) in [7, 11) is 2.70. The van der Waals surface area contributed by atoms with E-state index in [0.29, 0.717) is 11.1 Å². The zero-order chi connectivity index (χ0) is 37.4. The first-order valence-electron chi connectivity index (χ1n) is 16.0. The molecule has 0 spiro atoms. The van der Waals surface area contributed by atoms with Crippen LogP contribution in [-0.2, 0) is 19.2 Å². The monoisotopic (exact) mass is 750 g/mol. The lowest BCUT2D eigenvalue weighted by molar-refractivity contribution is -0.125. The number of methoxy groups -OCH3 is 2. The lowest BCUT2D eigenvalue weighted by atomic mass is 9.57. The number of rotatable bonds is 7. The van der Waals surface area contributed by atoms with Gasteiger partial charge in [-0.25, -0.2) is 19.0 Å². The van der Waals surface area contributed by atoms with Crippen LogP contribution in [0, 0.1) is 29.5 Å². The van der Waals surface area contributed by atoms with Gasteiger partial charge >= 0.3 is 5.97 Å². The normalized spacial score (nSPS) is 28.1. The van der Waals surface area contributed by atoms with Crippen molar-refractivity contribution in [3.63, 3.8) is 0 Å². The van der Waals surface area contributed by atoms with Gasteiger partial charge in [-0.3, -0.25) is 19.2 Å². The zero-order valence-electron chi connectivity index (χ0n) is 27.4. The van der Waals surface area contributed by atoms with Gasteiger partial charge in [0.1, 0.15) is 17.1 Å². The molecular formula is C37H29Cl2FN2O10. The molecule has 268 valence electrons. The number of amides is 4. The number of allylic oxidation sites excluding steroid dienone is 3. The smallest absolute Gasteiger partial charge is 0.339 e. The molecular weight excluding hydrogens is 722 g/mol. The number of fused-ring (bicyclic) bond motifs is 4. The van der Waals surface area contributed by atoms with Crippen LogP contribution in [0.25, 0.3) is 6.08 Å². The zero-order valence-corrected chi connectivity index (χ0v) is 28.9. The van der Waals surface area contributed by atoms with E-state index in [1.54, 1.807) is 18.2 Å². The molecule has 6 atom stereocenters. The van der Waals surface area contributed by atoms with Gasteiger partial charge in [0.15, 0.2) is 21.2 Å². The highest BCUT2D eigenvalue weighted by atomic mass is 35.5. The highest BCUT2D eigenvalue weighted by Crippen LogP contribution is 2.63. The summed E-state index contributed by atoms with van der Waals surface area (Å²) >= 11 is 14.7. The SMILES string of the molecule is COc1cc(C=C[C@H]2C3=CC[C@@H]4C(=O)N(c5ccc(C(=O)O)c(O)c5)C(=O)[C@@H]4[C@@H]3C[C@@]3(Cl)C(=O)N(c4ccc(F)cc4)C(=O)[C@@]23Cl)cc(OC)c1O. The van der Waals surface area contributed by atoms with Crippen LogP contribution < -0.4 is 19.3 Å². The van der Waals surface area contributed by atoms with Crippen LogP contribution in [0.5, 0.6) is 23.0 Å². The average molecular weight is 752 g/mol. The van der Waals surface area contributed by atoms with Gasteiger partial charge in [0.2, 0.25) is 17.6 Å². The molecule has 0 unspecified atom stereocenters. The molecule has 52 heavy (non-hydrogen) atoms. The maximum Gasteiger partial charge on any atom is 0.339 e. The number of carboxylic acids is 1. The highest BCUT2D eigenvalue weighted by molar-refractivity contribution is 6.58. The molecule has 7 rings (SSSR count). The summed E-state index contributed by atoms with van der Waals surface area (Å²) in [6.45, 7) is 0. The number of imide groups is 2. The van der Waals surface area contributed by atoms with Gasteiger partial charge in [0, 0.05) is 12.0 Å². The van der Waals surface area contributed by atoms with Gasteiger partial charge < -0.3 is 24.8 Å². The van der Waals surface area contributed by atoms with E-state index in [4.69, 9.17) is 32.7 Å². The lowest BCUT2D eigenvalue weighted by Crippen LogP contribution is -2.60. The molecule has 1 saturated carbocycles. The highest BCUT2D eigenvalue weighted by Gasteiger charge is 2.76. The van der Waals surface area contributed by atoms with Crippen molar-refractivity contribution >= 4 is 70.3 Å². The second-order valence-electron chi connectivity index (χ2n) is 12.9. The molecule has 4 amide bonds. The summed E-state index contributed by atoms with van der Waals surface area (Å²) < 4.78 is 24.5. The van der Waals surface area contributed by atoms with Crippen molar-refractivity contribution < 1.29 is 53.2 Å². The van der Waals surface area contributed by atoms with E-state index in [2.05, 4.69) is 0 Å². The number of phenols is 2. The molecule has 3 fully saturated rings. The molecule has 0 aromatic heterocycles. The minimum absolute atomic E-state index is 0.0272. The van der Waals surface area contributed by atoms with Crippen LogP contribution in [0.2, 0.25) is 0 Å². The summed E-state index contributed by atoms with van der Waals surface area (Å²) in [5.74, 6) is -9.79. The number of carbonyl (C=O) groups excluding carboxylic acids is 4. The fourth-order valence-corrected chi connectivity index (χ4v) is 8.85. The Bertz CT molecular complexity index is 2130. The fraction of sp³-hybridized carbons (Fsp3) is 0.270. The number of aromatic hydroxyl groups is 2. The van der Waals surface area contributed by atoms with Crippen molar-refractivity contribution in [2.24, 2.45) is 23.7 Å². The Labute approximate surface area is 305 Å². The van der Waals surface area contributed by atoms with E-state index in [1.165, 1.54) is 44.6 Å². The van der Waals surface area contributed by atoms with Crippen LogP contribution in [0.15, 0.2) is 72.3 Å². The Hall–Kier alpha value is -5.40. The molecule has 0 bridgehead atoms. The topological polar surface area (TPSA) is 171 Å². The Balaban J connectivity index is 1.36. The number of carboxylic acid groups (broad SMARTS) is 1. The van der Waals surface area contributed by atoms with Crippen molar-refractivity contribution in [2.45, 2.75) is 22.6 Å². The van der Waals surface area contributed by atoms with Gasteiger partial charge in [-0.1, -0.05) is 23.8 Å². The first-order chi connectivity index (χ1) is 24.7. The minimum atomic E-state index is -2.17. The Morgan fingerprint density at radius 1 is 0.885 bits per heavy atom. The number of anilines is 2. The minimum Gasteiger partial charge on any atom is -0.507 e. The summed E-state index contributed by atoms with van der Waals surface area (Å²) in [6, 6.07) is 11.0. The number of phenolic OH excluding ortho intramolecular Hbond substituents is 1. The first-order valence-corrected chi connectivity index (χ1v) is 16.7. The standard InChI is InChI=1S/C37H29Cl2FN2O10/c1-51-27-13-17(14-28(52-2)30(27)44)3-12-25-21-10-11-23-29(32(46)41(31(23)45)20-8-9-22(33(47)48)26(43)15-20)24(21)16-36(38)34(49)42(35(50)37(25,36)39)19-6-4-18(40)5-7-19/h3-10,12-15,23-25,29,43-44H,11,16H2,1-2H3,(H,47,48)/t23-,24+,25-,29-,36+,37-/m0/s1. The van der Waals surface area contributed by atoms with Gasteiger partial charge in [0.05, 0.1) is 37.4 Å². The van der Waals surface area contributed by atoms with E-state index < -0.39 is 80.1 Å². The maximum atomic E-state index is 14.5. The molecule has 2 saturated heterocycles. The van der Waals surface area contributed by atoms with Crippen molar-refractivity contribution in [3.05, 3.63) is 89.3 Å². The third-order valence-electron chi connectivity index (χ3n) is 10.4. The first kappa shape index (κ1) is 35.0. The van der Waals surface area contributed by atoms with Crippen molar-refractivity contribution in [1.82, 2.24) is 0 Å². The van der Waals surface area contributed by atoms with Crippen molar-refractivity contribution in [2.75, 3.05) is 24.0 Å². The van der Waals surface area contributed by atoms with Crippen LogP contribution >= 0.6 is 23.2 Å². The third kappa shape index (κ3) is 4.90. The fourth-order valence-electron chi connectivity index (χ4n) is 7.96. The number of halogens is 3. The van der Waals surface area contributed by atoms with Crippen LogP contribution in [0.3, 0.4) is 0 Å². The number of nitrogens with zero attached hydrogens (tertiary/aromatic N) is 2. The summed E-state index contributed by atoms with van der Waals surface area (Å²) in [6.07, 6.45) is 4.58. The van der Waals surface area contributed by atoms with Crippen molar-refractivity contribution in [1.29, 1.82) is 0 Å². The second-order valence-corrected chi connectivity index (χ2v) is 14.2. The summed E-state index contributed by atoms with van der Waals surface area (Å²) in [5.41, 5.74) is 0.485. The third-order valence-corrected chi connectivity index (χ3v) is 11.8. The number of benzene rings is 3. The van der Waals surface area contributed by atoms with Gasteiger partial charge in [-0.15, -0.1) is 23.2 Å². The number of alkyl halides is 2. The van der Waals surface area contributed by atoms with E-state index in [0.717, 1.165) is 34.1 Å².